The predicted octanol–water partition coefficient (Wildman–Crippen LogP) is 3.31. The third-order valence-corrected chi connectivity index (χ3v) is 6.18. The second-order valence-electron chi connectivity index (χ2n) is 6.12. The fourth-order valence-corrected chi connectivity index (χ4v) is 4.50. The second-order valence-corrected chi connectivity index (χ2v) is 8.70. The molecule has 8 heteroatoms. The Hall–Kier alpha value is -2.42. The first-order valence-electron chi connectivity index (χ1n) is 8.66. The molecule has 0 bridgehead atoms. The van der Waals surface area contributed by atoms with Crippen molar-refractivity contribution in [3.63, 3.8) is 0 Å². The van der Waals surface area contributed by atoms with Gasteiger partial charge in [0, 0.05) is 35.9 Å². The zero-order valence-electron chi connectivity index (χ0n) is 15.6. The molecular formula is C20H21NO5S2. The zero-order valence-corrected chi connectivity index (χ0v) is 17.3. The molecule has 6 nitrogen and oxygen atoms in total. The van der Waals surface area contributed by atoms with Gasteiger partial charge in [-0.25, -0.2) is 8.42 Å². The van der Waals surface area contributed by atoms with Gasteiger partial charge in [0.15, 0.2) is 6.54 Å². The van der Waals surface area contributed by atoms with Crippen LogP contribution in [0.2, 0.25) is 0 Å². The van der Waals surface area contributed by atoms with Gasteiger partial charge in [-0.15, -0.1) is 0 Å². The molecule has 0 aliphatic carbocycles. The van der Waals surface area contributed by atoms with Crippen LogP contribution in [0, 0.1) is 0 Å². The van der Waals surface area contributed by atoms with Gasteiger partial charge in [-0.05, 0) is 24.3 Å². The van der Waals surface area contributed by atoms with E-state index in [0.717, 1.165) is 20.8 Å². The van der Waals surface area contributed by atoms with Crippen LogP contribution in [-0.4, -0.2) is 32.9 Å². The third kappa shape index (κ3) is 4.89. The fourth-order valence-electron chi connectivity index (χ4n) is 2.92. The topological polar surface area (TPSA) is 79.5 Å². The molecule has 0 atom stereocenters. The van der Waals surface area contributed by atoms with Crippen LogP contribution in [0.15, 0.2) is 42.5 Å². The minimum Gasteiger partial charge on any atom is -0.748 e. The summed E-state index contributed by atoms with van der Waals surface area (Å²) in [7, 11) is -1.01. The summed E-state index contributed by atoms with van der Waals surface area (Å²) >= 11 is 1.61. The van der Waals surface area contributed by atoms with Crippen LogP contribution >= 0.6 is 11.3 Å². The normalized spacial score (nSPS) is 12.0. The molecule has 148 valence electrons. The maximum absolute atomic E-state index is 10.9. The maximum atomic E-state index is 10.9. The minimum atomic E-state index is -4.22. The molecular weight excluding hydrogens is 398 g/mol. The van der Waals surface area contributed by atoms with Gasteiger partial charge in [0.25, 0.3) is 5.01 Å². The Labute approximate surface area is 168 Å². The van der Waals surface area contributed by atoms with E-state index in [0.29, 0.717) is 18.0 Å². The first-order chi connectivity index (χ1) is 13.4. The summed E-state index contributed by atoms with van der Waals surface area (Å²) in [5, 5.41) is 0.961. The third-order valence-electron chi connectivity index (χ3n) is 4.26. The molecule has 0 aliphatic heterocycles. The molecule has 0 saturated carbocycles. The highest BCUT2D eigenvalue weighted by atomic mass is 32.2. The summed E-state index contributed by atoms with van der Waals surface area (Å²) in [6.07, 6.45) is 4.19. The number of aryl methyl sites for hydroxylation is 1. The summed E-state index contributed by atoms with van der Waals surface area (Å²) in [6, 6.07) is 13.5. The van der Waals surface area contributed by atoms with Crippen molar-refractivity contribution in [2.24, 2.45) is 0 Å². The lowest BCUT2D eigenvalue weighted by Crippen LogP contribution is -2.35. The van der Waals surface area contributed by atoms with E-state index in [1.54, 1.807) is 25.6 Å². The lowest BCUT2D eigenvalue weighted by atomic mass is 10.1. The van der Waals surface area contributed by atoms with Crippen LogP contribution < -0.4 is 14.0 Å². The standard InChI is InChI=1S/C20H21NO5S2/c1-25-16-10-8-15(18(14-16)26-2)9-11-20-21(12-5-13-28(22,23)24)17-6-3-4-7-19(17)27-20/h3-4,6-11,14H,5,12-13H2,1-2H3/b11-9+. The van der Waals surface area contributed by atoms with E-state index in [1.165, 1.54) is 0 Å². The summed E-state index contributed by atoms with van der Waals surface area (Å²) < 4.78 is 46.6. The molecule has 0 saturated heterocycles. The quantitative estimate of drug-likeness (QED) is 0.413. The van der Waals surface area contributed by atoms with Gasteiger partial charge in [0.05, 0.1) is 24.3 Å². The van der Waals surface area contributed by atoms with Crippen molar-refractivity contribution in [1.29, 1.82) is 0 Å². The Balaban J connectivity index is 1.94. The molecule has 0 radical (unpaired) electrons. The number of aromatic nitrogens is 1. The number of hydrogen-bond donors (Lipinski definition) is 0. The van der Waals surface area contributed by atoms with E-state index in [9.17, 15) is 13.0 Å². The average molecular weight is 420 g/mol. The molecule has 0 unspecified atom stereocenters. The Kier molecular flexibility index (Phi) is 6.33. The van der Waals surface area contributed by atoms with Crippen molar-refractivity contribution >= 4 is 43.8 Å². The van der Waals surface area contributed by atoms with E-state index in [2.05, 4.69) is 0 Å². The summed E-state index contributed by atoms with van der Waals surface area (Å²) in [5.74, 6) is 1.03. The molecule has 0 spiro atoms. The molecule has 1 heterocycles. The van der Waals surface area contributed by atoms with E-state index < -0.39 is 10.1 Å². The minimum absolute atomic E-state index is 0.268. The number of ether oxygens (including phenoxy) is 2. The number of thiazole rings is 1. The molecule has 3 rings (SSSR count). The van der Waals surface area contributed by atoms with Gasteiger partial charge in [-0.1, -0.05) is 23.5 Å². The van der Waals surface area contributed by atoms with Gasteiger partial charge in [-0.3, -0.25) is 0 Å². The summed E-state index contributed by atoms with van der Waals surface area (Å²) in [5.41, 5.74) is 1.91. The first-order valence-corrected chi connectivity index (χ1v) is 11.1. The highest BCUT2D eigenvalue weighted by molar-refractivity contribution is 7.85. The molecule has 3 aromatic rings. The molecule has 1 aromatic heterocycles. The van der Waals surface area contributed by atoms with Crippen LogP contribution in [-0.2, 0) is 16.7 Å². The van der Waals surface area contributed by atoms with Gasteiger partial charge in [0.1, 0.15) is 16.2 Å². The largest absolute Gasteiger partial charge is 0.748 e. The summed E-state index contributed by atoms with van der Waals surface area (Å²) in [6.45, 7) is 0.449. The molecule has 0 fully saturated rings. The number of benzene rings is 2. The maximum Gasteiger partial charge on any atom is 0.262 e. The van der Waals surface area contributed by atoms with E-state index in [1.807, 2.05) is 59.2 Å². The highest BCUT2D eigenvalue weighted by Gasteiger charge is 2.18. The number of fused-ring (bicyclic) bond motifs is 1. The fraction of sp³-hybridized carbons (Fsp3) is 0.250. The number of hydrogen-bond acceptors (Lipinski definition) is 6. The Bertz CT molecular complexity index is 1100. The van der Waals surface area contributed by atoms with Crippen molar-refractivity contribution in [3.05, 3.63) is 53.0 Å². The van der Waals surface area contributed by atoms with Crippen LogP contribution in [0.3, 0.4) is 0 Å². The van der Waals surface area contributed by atoms with Gasteiger partial charge < -0.3 is 14.0 Å². The van der Waals surface area contributed by atoms with Crippen molar-refractivity contribution in [1.82, 2.24) is 0 Å². The monoisotopic (exact) mass is 419 g/mol. The Morgan fingerprint density at radius 1 is 1.11 bits per heavy atom. The van der Waals surface area contributed by atoms with Crippen molar-refractivity contribution in [2.75, 3.05) is 20.0 Å². The van der Waals surface area contributed by atoms with Crippen LogP contribution in [0.4, 0.5) is 0 Å². The van der Waals surface area contributed by atoms with Crippen LogP contribution in [0.1, 0.15) is 17.0 Å². The Morgan fingerprint density at radius 3 is 2.61 bits per heavy atom. The number of nitrogens with zero attached hydrogens (tertiary/aromatic N) is 1. The SMILES string of the molecule is COc1ccc(/C=C/c2sc3ccccc3[n+]2CCCS(=O)(=O)[O-])c(OC)c1. The van der Waals surface area contributed by atoms with E-state index >= 15 is 0 Å². The Morgan fingerprint density at radius 2 is 1.89 bits per heavy atom. The van der Waals surface area contributed by atoms with Crippen LogP contribution in [0.25, 0.3) is 22.4 Å². The molecule has 2 aromatic carbocycles. The van der Waals surface area contributed by atoms with Crippen LogP contribution in [0.5, 0.6) is 11.5 Å². The zero-order chi connectivity index (χ0) is 20.1. The highest BCUT2D eigenvalue weighted by Crippen LogP contribution is 2.27. The molecule has 28 heavy (non-hydrogen) atoms. The van der Waals surface area contributed by atoms with Gasteiger partial charge >= 0.3 is 0 Å². The average Bonchev–Trinajstić information content (AvgIpc) is 3.03. The van der Waals surface area contributed by atoms with E-state index in [-0.39, 0.29) is 12.2 Å². The summed E-state index contributed by atoms with van der Waals surface area (Å²) in [4.78, 5) is 0. The molecule has 0 amide bonds. The number of para-hydroxylation sites is 1. The van der Waals surface area contributed by atoms with E-state index in [4.69, 9.17) is 9.47 Å². The van der Waals surface area contributed by atoms with Gasteiger partial charge in [0.2, 0.25) is 5.52 Å². The molecule has 0 N–H and O–H groups in total. The van der Waals surface area contributed by atoms with Crippen molar-refractivity contribution in [3.8, 4) is 11.5 Å². The lowest BCUT2D eigenvalue weighted by Gasteiger charge is -2.07. The first kappa shape index (κ1) is 20.3. The molecule has 0 aliphatic rings. The second kappa shape index (κ2) is 8.72. The lowest BCUT2D eigenvalue weighted by molar-refractivity contribution is -0.668. The van der Waals surface area contributed by atoms with Gasteiger partial charge in [-0.2, -0.15) is 4.57 Å². The van der Waals surface area contributed by atoms with Crippen molar-refractivity contribution < 1.29 is 27.0 Å². The number of methoxy groups -OCH3 is 2. The predicted molar refractivity (Wildman–Crippen MR) is 110 cm³/mol. The van der Waals surface area contributed by atoms with Crippen molar-refractivity contribution in [2.45, 2.75) is 13.0 Å². The number of rotatable bonds is 8. The smallest absolute Gasteiger partial charge is 0.262 e.